The summed E-state index contributed by atoms with van der Waals surface area (Å²) in [7, 11) is 1.30. The van der Waals surface area contributed by atoms with Crippen molar-refractivity contribution in [1.29, 1.82) is 0 Å². The maximum Gasteiger partial charge on any atom is 0.322 e. The number of rotatable bonds is 6. The Labute approximate surface area is 183 Å². The van der Waals surface area contributed by atoms with Crippen molar-refractivity contribution in [1.82, 2.24) is 5.32 Å². The highest BCUT2D eigenvalue weighted by molar-refractivity contribution is 6.13. The zero-order valence-corrected chi connectivity index (χ0v) is 18.3. The summed E-state index contributed by atoms with van der Waals surface area (Å²) in [4.78, 5) is 25.4. The van der Waals surface area contributed by atoms with Gasteiger partial charge in [-0.25, -0.2) is 0 Å². The van der Waals surface area contributed by atoms with Gasteiger partial charge < -0.3 is 14.8 Å². The minimum absolute atomic E-state index is 0.131. The number of benzene rings is 2. The first-order chi connectivity index (χ1) is 14.9. The Morgan fingerprint density at radius 3 is 2.29 bits per heavy atom. The molecule has 0 spiro atoms. The third-order valence-corrected chi connectivity index (χ3v) is 6.70. The lowest BCUT2D eigenvalue weighted by atomic mass is 9.72. The summed E-state index contributed by atoms with van der Waals surface area (Å²) in [5.74, 6) is -0.850. The Hall–Kier alpha value is -2.76. The number of ether oxygens (including phenoxy) is 2. The van der Waals surface area contributed by atoms with Crippen molar-refractivity contribution in [2.75, 3.05) is 13.7 Å². The molecule has 1 heterocycles. The second kappa shape index (κ2) is 8.40. The predicted molar refractivity (Wildman–Crippen MR) is 120 cm³/mol. The monoisotopic (exact) mass is 419 g/mol. The minimum atomic E-state index is -1.36. The summed E-state index contributed by atoms with van der Waals surface area (Å²) < 4.78 is 11.0. The van der Waals surface area contributed by atoms with Gasteiger partial charge in [-0.2, -0.15) is 0 Å². The average Bonchev–Trinajstić information content (AvgIpc) is 3.11. The van der Waals surface area contributed by atoms with Crippen LogP contribution >= 0.6 is 0 Å². The van der Waals surface area contributed by atoms with E-state index < -0.39 is 23.6 Å². The predicted octanol–water partition coefficient (Wildman–Crippen LogP) is 4.22. The van der Waals surface area contributed by atoms with Crippen molar-refractivity contribution >= 4 is 11.8 Å². The molecule has 31 heavy (non-hydrogen) atoms. The second-order valence-electron chi connectivity index (χ2n) is 8.52. The molecule has 0 amide bonds. The number of methoxy groups -OCH3 is 1. The number of carbonyl (C=O) groups excluding carboxylic acids is 2. The van der Waals surface area contributed by atoms with Crippen LogP contribution in [-0.4, -0.2) is 37.6 Å². The first kappa shape index (κ1) is 21.5. The van der Waals surface area contributed by atoms with E-state index in [0.717, 1.165) is 13.0 Å². The molecule has 4 rings (SSSR count). The number of fused-ring (bicyclic) bond motifs is 3. The molecule has 0 bridgehead atoms. The van der Waals surface area contributed by atoms with Gasteiger partial charge in [0.2, 0.25) is 0 Å². The molecule has 0 radical (unpaired) electrons. The van der Waals surface area contributed by atoms with E-state index in [9.17, 15) is 9.59 Å². The van der Waals surface area contributed by atoms with Crippen LogP contribution in [0.2, 0.25) is 0 Å². The largest absolute Gasteiger partial charge is 0.468 e. The van der Waals surface area contributed by atoms with Gasteiger partial charge in [-0.15, -0.1) is 0 Å². The molecule has 5 heteroatoms. The maximum atomic E-state index is 12.9. The fourth-order valence-corrected chi connectivity index (χ4v) is 4.83. The molecule has 0 saturated carbocycles. The van der Waals surface area contributed by atoms with Crippen LogP contribution in [0.25, 0.3) is 11.1 Å². The Kier molecular flexibility index (Phi) is 5.82. The van der Waals surface area contributed by atoms with Gasteiger partial charge in [-0.1, -0.05) is 55.1 Å². The number of Topliss-reactive ketones (excluding diaryl/α,β-unsaturated/α-hetero) is 1. The fourth-order valence-electron chi connectivity index (χ4n) is 4.83. The summed E-state index contributed by atoms with van der Waals surface area (Å²) >= 11 is 0. The van der Waals surface area contributed by atoms with E-state index in [1.54, 1.807) is 13.8 Å². The van der Waals surface area contributed by atoms with E-state index >= 15 is 0 Å². The van der Waals surface area contributed by atoms with E-state index in [0.29, 0.717) is 12.0 Å². The molecule has 0 unspecified atom stereocenters. The molecule has 1 N–H and O–H groups in total. The number of hydrogen-bond donors (Lipinski definition) is 1. The molecule has 3 atom stereocenters. The maximum absolute atomic E-state index is 12.9. The molecule has 162 valence electrons. The normalized spacial score (nSPS) is 25.3. The summed E-state index contributed by atoms with van der Waals surface area (Å²) in [5.41, 5.74) is 4.05. The number of hydrogen-bond acceptors (Lipinski definition) is 5. The van der Waals surface area contributed by atoms with E-state index in [2.05, 4.69) is 60.4 Å². The second-order valence-corrected chi connectivity index (χ2v) is 8.52. The average molecular weight is 420 g/mol. The summed E-state index contributed by atoms with van der Waals surface area (Å²) in [6.07, 6.45) is 0.373. The van der Waals surface area contributed by atoms with E-state index in [1.165, 1.54) is 29.4 Å². The van der Waals surface area contributed by atoms with Gasteiger partial charge in [0.15, 0.2) is 11.2 Å². The van der Waals surface area contributed by atoms with Crippen molar-refractivity contribution in [3.63, 3.8) is 0 Å². The lowest BCUT2D eigenvalue weighted by Gasteiger charge is -2.41. The van der Waals surface area contributed by atoms with Crippen molar-refractivity contribution in [2.45, 2.75) is 44.9 Å². The van der Waals surface area contributed by atoms with Crippen molar-refractivity contribution in [3.05, 3.63) is 71.8 Å². The Morgan fingerprint density at radius 1 is 1.13 bits per heavy atom. The Morgan fingerprint density at radius 2 is 1.71 bits per heavy atom. The van der Waals surface area contributed by atoms with Gasteiger partial charge in [0.25, 0.3) is 0 Å². The van der Waals surface area contributed by atoms with Gasteiger partial charge in [0.1, 0.15) is 0 Å². The summed E-state index contributed by atoms with van der Waals surface area (Å²) in [5, 5.41) is 3.66. The van der Waals surface area contributed by atoms with E-state index in [1.807, 2.05) is 0 Å². The van der Waals surface area contributed by atoms with Crippen molar-refractivity contribution in [3.8, 4) is 11.1 Å². The van der Waals surface area contributed by atoms with E-state index in [-0.39, 0.29) is 11.8 Å². The highest BCUT2D eigenvalue weighted by Crippen LogP contribution is 2.43. The van der Waals surface area contributed by atoms with Gasteiger partial charge in [0, 0.05) is 5.57 Å². The quantitative estimate of drug-likeness (QED) is 0.329. The first-order valence-corrected chi connectivity index (χ1v) is 10.8. The van der Waals surface area contributed by atoms with Crippen molar-refractivity contribution < 1.29 is 19.1 Å². The molecule has 1 aliphatic carbocycles. The molecule has 1 saturated heterocycles. The van der Waals surface area contributed by atoms with Crippen LogP contribution in [0.5, 0.6) is 0 Å². The number of ketones is 1. The molecule has 1 fully saturated rings. The third-order valence-electron chi connectivity index (χ3n) is 6.70. The SMILES string of the molecule is C=C1C(=O)[C@](C)(C(=O)OC)[C@@H](CCCNC2c3ccccc3-c3ccccc32)O[C@H]1C. The Balaban J connectivity index is 1.45. The smallest absolute Gasteiger partial charge is 0.322 e. The summed E-state index contributed by atoms with van der Waals surface area (Å²) in [6.45, 7) is 7.96. The number of nitrogens with one attached hydrogen (secondary N) is 1. The van der Waals surface area contributed by atoms with Crippen molar-refractivity contribution in [2.24, 2.45) is 5.41 Å². The molecule has 5 nitrogen and oxygen atoms in total. The van der Waals surface area contributed by atoms with Gasteiger partial charge in [-0.05, 0) is 55.5 Å². The van der Waals surface area contributed by atoms with Crippen LogP contribution in [0.4, 0.5) is 0 Å². The molecule has 0 aromatic heterocycles. The topological polar surface area (TPSA) is 64.6 Å². The van der Waals surface area contributed by atoms with Gasteiger partial charge >= 0.3 is 5.97 Å². The van der Waals surface area contributed by atoms with Crippen LogP contribution in [-0.2, 0) is 19.1 Å². The highest BCUT2D eigenvalue weighted by Gasteiger charge is 2.54. The van der Waals surface area contributed by atoms with Gasteiger partial charge in [0.05, 0.1) is 25.4 Å². The number of esters is 1. The van der Waals surface area contributed by atoms with Crippen LogP contribution < -0.4 is 5.32 Å². The molecular formula is C26H29NO4. The summed E-state index contributed by atoms with van der Waals surface area (Å²) in [6, 6.07) is 17.0. The van der Waals surface area contributed by atoms with Crippen LogP contribution in [0.3, 0.4) is 0 Å². The highest BCUT2D eigenvalue weighted by atomic mass is 16.5. The van der Waals surface area contributed by atoms with Gasteiger partial charge in [-0.3, -0.25) is 9.59 Å². The zero-order chi connectivity index (χ0) is 22.2. The first-order valence-electron chi connectivity index (χ1n) is 10.8. The van der Waals surface area contributed by atoms with E-state index in [4.69, 9.17) is 9.47 Å². The molecule has 1 aliphatic heterocycles. The lowest BCUT2D eigenvalue weighted by molar-refractivity contribution is -0.175. The third kappa shape index (κ3) is 3.52. The molecule has 2 aromatic carbocycles. The molecular weight excluding hydrogens is 390 g/mol. The van der Waals surface area contributed by atoms with Crippen LogP contribution in [0.1, 0.15) is 43.9 Å². The Bertz CT molecular complexity index is 984. The lowest BCUT2D eigenvalue weighted by Crippen LogP contribution is -2.55. The number of carbonyl (C=O) groups is 2. The fraction of sp³-hybridized carbons (Fsp3) is 0.385. The standard InChI is InChI=1S/C26H29NO4/c1-16-17(2)31-22(26(3,24(16)28)25(29)30-4)14-9-15-27-23-20-12-7-5-10-18(20)19-11-6-8-13-21(19)23/h5-8,10-13,17,22-23,27H,1,9,14-15H2,2-4H3/t17-,22+,26+/m0/s1. The molecule has 2 aromatic rings. The zero-order valence-electron chi connectivity index (χ0n) is 18.3. The van der Waals surface area contributed by atoms with Crippen LogP contribution in [0, 0.1) is 5.41 Å². The minimum Gasteiger partial charge on any atom is -0.468 e. The van der Waals surface area contributed by atoms with Crippen LogP contribution in [0.15, 0.2) is 60.7 Å². The molecule has 2 aliphatic rings.